The van der Waals surface area contributed by atoms with Crippen molar-refractivity contribution in [3.05, 3.63) is 23.8 Å². The average molecular weight is 423 g/mol. The summed E-state index contributed by atoms with van der Waals surface area (Å²) in [6.45, 7) is 2.00. The van der Waals surface area contributed by atoms with Gasteiger partial charge in [-0.1, -0.05) is 6.07 Å². The van der Waals surface area contributed by atoms with E-state index in [9.17, 15) is 14.4 Å². The molecule has 0 radical (unpaired) electrons. The van der Waals surface area contributed by atoms with Crippen LogP contribution in [0.3, 0.4) is 0 Å². The molecule has 2 aliphatic heterocycles. The van der Waals surface area contributed by atoms with Crippen molar-refractivity contribution in [3.8, 4) is 11.5 Å². The Balaban J connectivity index is 1.83. The lowest BCUT2D eigenvalue weighted by molar-refractivity contribution is -0.142. The first kappa shape index (κ1) is 21.3. The molecule has 1 N–H and O–H groups in total. The van der Waals surface area contributed by atoms with Crippen molar-refractivity contribution in [1.82, 2.24) is 10.2 Å². The second kappa shape index (κ2) is 8.52. The van der Waals surface area contributed by atoms with Crippen LogP contribution in [0.4, 0.5) is 0 Å². The first-order chi connectivity index (χ1) is 13.8. The third-order valence-corrected chi connectivity index (χ3v) is 6.98. The largest absolute Gasteiger partial charge is 0.493 e. The maximum atomic E-state index is 13.1. The van der Waals surface area contributed by atoms with Gasteiger partial charge in [0, 0.05) is 12.2 Å². The van der Waals surface area contributed by atoms with Crippen LogP contribution in [-0.2, 0) is 19.1 Å². The molecule has 3 atom stereocenters. The fraction of sp³-hybridized carbons (Fsp3) is 0.550. The number of benzene rings is 1. The summed E-state index contributed by atoms with van der Waals surface area (Å²) in [5.74, 6) is 0.838. The van der Waals surface area contributed by atoms with Gasteiger partial charge in [0.2, 0.25) is 11.8 Å². The van der Waals surface area contributed by atoms with Crippen LogP contribution in [-0.4, -0.2) is 60.7 Å². The molecule has 8 nitrogen and oxygen atoms in total. The molecule has 0 aromatic heterocycles. The minimum absolute atomic E-state index is 0.00622. The molecule has 9 heteroatoms. The predicted molar refractivity (Wildman–Crippen MR) is 108 cm³/mol. The lowest BCUT2D eigenvalue weighted by Gasteiger charge is -2.31. The summed E-state index contributed by atoms with van der Waals surface area (Å²) >= 11 is 1.62. The molecule has 2 heterocycles. The molecular weight excluding hydrogens is 396 g/mol. The highest BCUT2D eigenvalue weighted by atomic mass is 32.2. The Kier molecular flexibility index (Phi) is 6.26. The number of carbonyl (C=O) groups is 3. The third-order valence-electron chi connectivity index (χ3n) is 5.47. The number of methoxy groups -OCH3 is 3. The molecule has 0 spiro atoms. The van der Waals surface area contributed by atoms with Gasteiger partial charge < -0.3 is 24.4 Å². The zero-order valence-corrected chi connectivity index (χ0v) is 17.8. The van der Waals surface area contributed by atoms with Crippen LogP contribution < -0.4 is 14.8 Å². The van der Waals surface area contributed by atoms with Gasteiger partial charge >= 0.3 is 5.97 Å². The Hall–Kier alpha value is -2.42. The van der Waals surface area contributed by atoms with Crippen LogP contribution in [0, 0.1) is 0 Å². The van der Waals surface area contributed by atoms with Gasteiger partial charge in [0.15, 0.2) is 11.5 Å². The second-order valence-corrected chi connectivity index (χ2v) is 8.72. The van der Waals surface area contributed by atoms with Gasteiger partial charge in [-0.2, -0.15) is 0 Å². The van der Waals surface area contributed by atoms with Crippen LogP contribution in [0.15, 0.2) is 18.2 Å². The van der Waals surface area contributed by atoms with Gasteiger partial charge in [-0.05, 0) is 31.0 Å². The van der Waals surface area contributed by atoms with Crippen molar-refractivity contribution in [2.75, 3.05) is 27.1 Å². The standard InChI is InChI=1S/C20H26N2O6S/c1-20-8-7-17(23)22(20)14(11-29-20)19(25)21-13(10-18(24)28-4)12-5-6-15(26-2)16(9-12)27-3/h5-6,9,13-14H,7-8,10-11H2,1-4H3,(H,21,25). The van der Waals surface area contributed by atoms with Crippen molar-refractivity contribution in [2.45, 2.75) is 43.1 Å². The summed E-state index contributed by atoms with van der Waals surface area (Å²) in [5.41, 5.74) is 0.683. The summed E-state index contributed by atoms with van der Waals surface area (Å²) in [5, 5.41) is 2.94. The zero-order valence-electron chi connectivity index (χ0n) is 17.0. The van der Waals surface area contributed by atoms with Crippen LogP contribution >= 0.6 is 11.8 Å². The molecule has 1 aromatic rings. The lowest BCUT2D eigenvalue weighted by atomic mass is 10.0. The van der Waals surface area contributed by atoms with Crippen LogP contribution in [0.2, 0.25) is 0 Å². The molecule has 1 aromatic carbocycles. The first-order valence-corrected chi connectivity index (χ1v) is 10.4. The topological polar surface area (TPSA) is 94.2 Å². The number of hydrogen-bond donors (Lipinski definition) is 1. The van der Waals surface area contributed by atoms with E-state index in [0.29, 0.717) is 29.2 Å². The summed E-state index contributed by atoms with van der Waals surface area (Å²) in [4.78, 5) is 38.7. The second-order valence-electron chi connectivity index (χ2n) is 7.22. The molecule has 2 fully saturated rings. The van der Waals surface area contributed by atoms with Gasteiger partial charge in [-0.25, -0.2) is 0 Å². The number of rotatable bonds is 7. The van der Waals surface area contributed by atoms with Crippen molar-refractivity contribution in [2.24, 2.45) is 0 Å². The maximum Gasteiger partial charge on any atom is 0.307 e. The van der Waals surface area contributed by atoms with Gasteiger partial charge in [0.05, 0.1) is 38.7 Å². The molecule has 158 valence electrons. The van der Waals surface area contributed by atoms with Crippen LogP contribution in [0.25, 0.3) is 0 Å². The molecule has 2 amide bonds. The number of esters is 1. The highest BCUT2D eigenvalue weighted by Gasteiger charge is 2.53. The van der Waals surface area contributed by atoms with Crippen molar-refractivity contribution in [3.63, 3.8) is 0 Å². The number of nitrogens with zero attached hydrogens (tertiary/aromatic N) is 1. The molecule has 2 aliphatic rings. The van der Waals surface area contributed by atoms with E-state index in [1.807, 2.05) is 6.92 Å². The first-order valence-electron chi connectivity index (χ1n) is 9.38. The number of ether oxygens (including phenoxy) is 3. The summed E-state index contributed by atoms with van der Waals surface area (Å²) in [6.07, 6.45) is 1.15. The molecule has 0 aliphatic carbocycles. The summed E-state index contributed by atoms with van der Waals surface area (Å²) in [6, 6.07) is 4.03. The van der Waals surface area contributed by atoms with E-state index in [1.54, 1.807) is 34.9 Å². The summed E-state index contributed by atoms with van der Waals surface area (Å²) in [7, 11) is 4.36. The van der Waals surface area contributed by atoms with E-state index in [0.717, 1.165) is 6.42 Å². The van der Waals surface area contributed by atoms with Gasteiger partial charge in [-0.15, -0.1) is 11.8 Å². The van der Waals surface area contributed by atoms with Crippen LogP contribution in [0.1, 0.15) is 37.8 Å². The van der Waals surface area contributed by atoms with E-state index in [2.05, 4.69) is 5.32 Å². The normalized spacial score (nSPS) is 24.1. The average Bonchev–Trinajstić information content (AvgIpc) is 3.22. The highest BCUT2D eigenvalue weighted by Crippen LogP contribution is 2.47. The van der Waals surface area contributed by atoms with E-state index >= 15 is 0 Å². The lowest BCUT2D eigenvalue weighted by Crippen LogP contribution is -2.50. The molecule has 2 saturated heterocycles. The number of amides is 2. The number of hydrogen-bond acceptors (Lipinski definition) is 7. The molecular formula is C20H26N2O6S. The quantitative estimate of drug-likeness (QED) is 0.671. The van der Waals surface area contributed by atoms with E-state index in [1.165, 1.54) is 21.3 Å². The Bertz CT molecular complexity index is 816. The van der Waals surface area contributed by atoms with Crippen molar-refractivity contribution >= 4 is 29.5 Å². The minimum atomic E-state index is -0.621. The van der Waals surface area contributed by atoms with Gasteiger partial charge in [0.25, 0.3) is 0 Å². The SMILES string of the molecule is COC(=O)CC(NC(=O)C1CSC2(C)CCC(=O)N12)c1ccc(OC)c(OC)c1. The highest BCUT2D eigenvalue weighted by molar-refractivity contribution is 8.01. The van der Waals surface area contributed by atoms with E-state index < -0.39 is 18.1 Å². The smallest absolute Gasteiger partial charge is 0.307 e. The molecule has 0 saturated carbocycles. The number of carbonyl (C=O) groups excluding carboxylic acids is 3. The zero-order chi connectivity index (χ0) is 21.2. The Morgan fingerprint density at radius 3 is 2.66 bits per heavy atom. The maximum absolute atomic E-state index is 13.1. The van der Waals surface area contributed by atoms with Crippen LogP contribution in [0.5, 0.6) is 11.5 Å². The third kappa shape index (κ3) is 4.14. The predicted octanol–water partition coefficient (Wildman–Crippen LogP) is 1.88. The Labute approximate surface area is 174 Å². The van der Waals surface area contributed by atoms with Gasteiger partial charge in [-0.3, -0.25) is 14.4 Å². The Morgan fingerprint density at radius 2 is 2.00 bits per heavy atom. The summed E-state index contributed by atoms with van der Waals surface area (Å²) < 4.78 is 15.4. The minimum Gasteiger partial charge on any atom is -0.493 e. The monoisotopic (exact) mass is 422 g/mol. The fourth-order valence-corrected chi connectivity index (χ4v) is 5.29. The molecule has 29 heavy (non-hydrogen) atoms. The molecule has 0 bridgehead atoms. The number of thioether (sulfide) groups is 1. The van der Waals surface area contributed by atoms with Crippen molar-refractivity contribution in [1.29, 1.82) is 0 Å². The van der Waals surface area contributed by atoms with E-state index in [-0.39, 0.29) is 23.1 Å². The van der Waals surface area contributed by atoms with E-state index in [4.69, 9.17) is 14.2 Å². The van der Waals surface area contributed by atoms with Gasteiger partial charge in [0.1, 0.15) is 6.04 Å². The number of fused-ring (bicyclic) bond motifs is 1. The molecule has 3 unspecified atom stereocenters. The van der Waals surface area contributed by atoms with Crippen molar-refractivity contribution < 1.29 is 28.6 Å². The Morgan fingerprint density at radius 1 is 1.28 bits per heavy atom. The fourth-order valence-electron chi connectivity index (χ4n) is 3.85. The number of nitrogens with one attached hydrogen (secondary N) is 1. The molecule has 3 rings (SSSR count).